The van der Waals surface area contributed by atoms with Gasteiger partial charge in [0.15, 0.2) is 5.76 Å². The molecule has 0 spiro atoms. The molecule has 0 bridgehead atoms. The van der Waals surface area contributed by atoms with Crippen LogP contribution in [-0.2, 0) is 9.53 Å². The lowest BCUT2D eigenvalue weighted by Crippen LogP contribution is -2.31. The van der Waals surface area contributed by atoms with E-state index in [1.807, 2.05) is 24.3 Å². The van der Waals surface area contributed by atoms with Gasteiger partial charge in [0.2, 0.25) is 5.78 Å². The molecule has 1 N–H and O–H groups in total. The Morgan fingerprint density at radius 2 is 1.74 bits per heavy atom. The van der Waals surface area contributed by atoms with Crippen LogP contribution in [0, 0.1) is 0 Å². The minimum atomic E-state index is -0.809. The standard InChI is InChI=1S/C27H25NO5S/c1-4-33-27(32)19-11-13-20(14-12-19)28-23(18-9-7-17(8-10-18)16(2)3)22(25(30)26(28)31)24(29)21-6-5-15-34-21/h5-16,23,30H,4H2,1-3H3/t23-/m0/s1. The van der Waals surface area contributed by atoms with Crippen molar-refractivity contribution in [3.05, 3.63) is 98.9 Å². The largest absolute Gasteiger partial charge is 0.503 e. The fourth-order valence-corrected chi connectivity index (χ4v) is 4.67. The van der Waals surface area contributed by atoms with Crippen molar-refractivity contribution >= 4 is 34.7 Å². The summed E-state index contributed by atoms with van der Waals surface area (Å²) in [5.74, 6) is -1.75. The van der Waals surface area contributed by atoms with Gasteiger partial charge in [0.1, 0.15) is 0 Å². The van der Waals surface area contributed by atoms with Crippen LogP contribution in [0.5, 0.6) is 0 Å². The van der Waals surface area contributed by atoms with Gasteiger partial charge in [0.05, 0.1) is 28.7 Å². The number of hydrogen-bond acceptors (Lipinski definition) is 6. The number of ether oxygens (including phenoxy) is 1. The first kappa shape index (κ1) is 23.4. The number of benzene rings is 2. The second-order valence-electron chi connectivity index (χ2n) is 8.24. The van der Waals surface area contributed by atoms with Gasteiger partial charge in [0, 0.05) is 5.69 Å². The van der Waals surface area contributed by atoms with Crippen molar-refractivity contribution in [3.63, 3.8) is 0 Å². The molecule has 0 saturated carbocycles. The SMILES string of the molecule is CCOC(=O)c1ccc(N2C(=O)C(O)=C(C(=O)c3cccs3)[C@@H]2c2ccc(C(C)C)cc2)cc1. The van der Waals surface area contributed by atoms with Crippen molar-refractivity contribution in [3.8, 4) is 0 Å². The van der Waals surface area contributed by atoms with E-state index >= 15 is 0 Å². The highest BCUT2D eigenvalue weighted by Gasteiger charge is 2.44. The van der Waals surface area contributed by atoms with Gasteiger partial charge in [-0.05, 0) is 59.7 Å². The molecule has 34 heavy (non-hydrogen) atoms. The van der Waals surface area contributed by atoms with Gasteiger partial charge in [-0.25, -0.2) is 4.79 Å². The molecule has 174 valence electrons. The number of hydrogen-bond donors (Lipinski definition) is 1. The first-order valence-electron chi connectivity index (χ1n) is 11.0. The number of rotatable bonds is 7. The van der Waals surface area contributed by atoms with Crippen LogP contribution in [0.3, 0.4) is 0 Å². The zero-order chi connectivity index (χ0) is 24.4. The Kier molecular flexibility index (Phi) is 6.65. The number of ketones is 1. The predicted molar refractivity (Wildman–Crippen MR) is 131 cm³/mol. The number of thiophene rings is 1. The van der Waals surface area contributed by atoms with Crippen LogP contribution >= 0.6 is 11.3 Å². The smallest absolute Gasteiger partial charge is 0.338 e. The monoisotopic (exact) mass is 475 g/mol. The number of Topliss-reactive ketones (excluding diaryl/α,β-unsaturated/α-hetero) is 1. The van der Waals surface area contributed by atoms with Crippen molar-refractivity contribution in [2.75, 3.05) is 11.5 Å². The van der Waals surface area contributed by atoms with Gasteiger partial charge in [-0.1, -0.05) is 44.2 Å². The second kappa shape index (κ2) is 9.65. The van der Waals surface area contributed by atoms with E-state index in [1.165, 1.54) is 16.2 Å². The molecule has 6 nitrogen and oxygen atoms in total. The highest BCUT2D eigenvalue weighted by molar-refractivity contribution is 7.12. The zero-order valence-electron chi connectivity index (χ0n) is 19.1. The normalized spacial score (nSPS) is 15.8. The van der Waals surface area contributed by atoms with E-state index in [0.717, 1.165) is 5.56 Å². The number of esters is 1. The maximum Gasteiger partial charge on any atom is 0.338 e. The maximum atomic E-state index is 13.4. The van der Waals surface area contributed by atoms with Crippen LogP contribution in [0.15, 0.2) is 77.4 Å². The van der Waals surface area contributed by atoms with Gasteiger partial charge in [-0.15, -0.1) is 11.3 Å². The van der Waals surface area contributed by atoms with Gasteiger partial charge in [-0.2, -0.15) is 0 Å². The number of amides is 1. The summed E-state index contributed by atoms with van der Waals surface area (Å²) in [6.45, 7) is 6.16. The quantitative estimate of drug-likeness (QED) is 0.343. The van der Waals surface area contributed by atoms with Crippen molar-refractivity contribution in [1.82, 2.24) is 0 Å². The summed E-state index contributed by atoms with van der Waals surface area (Å²) >= 11 is 1.26. The van der Waals surface area contributed by atoms with E-state index in [-0.39, 0.29) is 18.0 Å². The molecule has 2 heterocycles. The highest BCUT2D eigenvalue weighted by Crippen LogP contribution is 2.42. The van der Waals surface area contributed by atoms with Gasteiger partial charge >= 0.3 is 5.97 Å². The van der Waals surface area contributed by atoms with E-state index in [1.54, 1.807) is 48.7 Å². The third-order valence-electron chi connectivity index (χ3n) is 5.77. The van der Waals surface area contributed by atoms with E-state index < -0.39 is 23.7 Å². The number of aliphatic hydroxyl groups excluding tert-OH is 1. The summed E-state index contributed by atoms with van der Waals surface area (Å²) in [7, 11) is 0. The molecule has 0 saturated heterocycles. The van der Waals surface area contributed by atoms with Crippen LogP contribution in [0.4, 0.5) is 5.69 Å². The summed E-state index contributed by atoms with van der Waals surface area (Å²) < 4.78 is 5.03. The maximum absolute atomic E-state index is 13.4. The number of carbonyl (C=O) groups excluding carboxylic acids is 3. The minimum absolute atomic E-state index is 0.0409. The minimum Gasteiger partial charge on any atom is -0.503 e. The van der Waals surface area contributed by atoms with Gasteiger partial charge in [0.25, 0.3) is 5.91 Å². The van der Waals surface area contributed by atoms with Gasteiger partial charge < -0.3 is 9.84 Å². The Bertz CT molecular complexity index is 1240. The fourth-order valence-electron chi connectivity index (χ4n) is 4.00. The van der Waals surface area contributed by atoms with Crippen LogP contribution in [0.1, 0.15) is 63.9 Å². The number of carbonyl (C=O) groups is 3. The molecule has 1 aromatic heterocycles. The molecule has 1 amide bonds. The van der Waals surface area contributed by atoms with Crippen molar-refractivity contribution < 1.29 is 24.2 Å². The molecule has 7 heteroatoms. The zero-order valence-corrected chi connectivity index (χ0v) is 20.0. The highest BCUT2D eigenvalue weighted by atomic mass is 32.1. The Morgan fingerprint density at radius 3 is 2.29 bits per heavy atom. The third-order valence-corrected chi connectivity index (χ3v) is 6.64. The average molecular weight is 476 g/mol. The fraction of sp³-hybridized carbons (Fsp3) is 0.222. The number of aliphatic hydroxyl groups is 1. The molecule has 1 aliphatic heterocycles. The molecule has 0 fully saturated rings. The number of anilines is 1. The Balaban J connectivity index is 1.79. The van der Waals surface area contributed by atoms with Crippen molar-refractivity contribution in [1.29, 1.82) is 0 Å². The molecule has 1 aliphatic rings. The Hall–Kier alpha value is -3.71. The number of nitrogens with zero attached hydrogens (tertiary/aromatic N) is 1. The summed E-state index contributed by atoms with van der Waals surface area (Å²) in [6, 6.07) is 16.7. The average Bonchev–Trinajstić information content (AvgIpc) is 3.46. The van der Waals surface area contributed by atoms with Crippen molar-refractivity contribution in [2.24, 2.45) is 0 Å². The van der Waals surface area contributed by atoms with E-state index in [9.17, 15) is 19.5 Å². The molecule has 1 atom stereocenters. The second-order valence-corrected chi connectivity index (χ2v) is 9.18. The van der Waals surface area contributed by atoms with Gasteiger partial charge in [-0.3, -0.25) is 14.5 Å². The third kappa shape index (κ3) is 4.26. The molecular weight excluding hydrogens is 450 g/mol. The molecule has 0 unspecified atom stereocenters. The van der Waals surface area contributed by atoms with Crippen LogP contribution in [-0.4, -0.2) is 29.4 Å². The van der Waals surface area contributed by atoms with E-state index in [0.29, 0.717) is 27.6 Å². The molecule has 3 aromatic rings. The molecule has 4 rings (SSSR count). The van der Waals surface area contributed by atoms with Crippen LogP contribution < -0.4 is 4.90 Å². The lowest BCUT2D eigenvalue weighted by Gasteiger charge is -2.27. The first-order chi connectivity index (χ1) is 16.3. The summed E-state index contributed by atoms with van der Waals surface area (Å²) in [5.41, 5.74) is 2.67. The lowest BCUT2D eigenvalue weighted by molar-refractivity contribution is -0.117. The van der Waals surface area contributed by atoms with E-state index in [2.05, 4.69) is 13.8 Å². The Labute approximate surface area is 202 Å². The summed E-state index contributed by atoms with van der Waals surface area (Å²) in [5, 5.41) is 12.6. The van der Waals surface area contributed by atoms with Crippen LogP contribution in [0.2, 0.25) is 0 Å². The van der Waals surface area contributed by atoms with Crippen molar-refractivity contribution in [2.45, 2.75) is 32.7 Å². The molecule has 0 aliphatic carbocycles. The molecule has 2 aromatic carbocycles. The molecule has 0 radical (unpaired) electrons. The van der Waals surface area contributed by atoms with E-state index in [4.69, 9.17) is 4.74 Å². The predicted octanol–water partition coefficient (Wildman–Crippen LogP) is 5.83. The Morgan fingerprint density at radius 1 is 1.06 bits per heavy atom. The first-order valence-corrected chi connectivity index (χ1v) is 11.9. The lowest BCUT2D eigenvalue weighted by atomic mass is 9.93. The summed E-state index contributed by atoms with van der Waals surface area (Å²) in [4.78, 5) is 40.5. The molecular formula is C27H25NO5S. The van der Waals surface area contributed by atoms with Crippen LogP contribution in [0.25, 0.3) is 0 Å². The summed E-state index contributed by atoms with van der Waals surface area (Å²) in [6.07, 6.45) is 0. The topological polar surface area (TPSA) is 83.9 Å².